The topological polar surface area (TPSA) is 139 Å². The highest BCUT2D eigenvalue weighted by atomic mass is 32.1. The molecule has 3 amide bonds. The number of aliphatic carboxylic acids is 2. The van der Waals surface area contributed by atoms with Crippen LogP contribution in [0.15, 0.2) is 72.8 Å². The van der Waals surface area contributed by atoms with E-state index in [1.54, 1.807) is 4.90 Å². The molecule has 1 aliphatic rings. The molecule has 210 valence electrons. The van der Waals surface area contributed by atoms with Gasteiger partial charge in [-0.15, -0.1) is 0 Å². The first kappa shape index (κ1) is 31.4. The molecular weight excluding hydrogens is 520 g/mol. The van der Waals surface area contributed by atoms with Gasteiger partial charge in [-0.3, -0.25) is 4.79 Å². The quantitative estimate of drug-likeness (QED) is 0.211. The van der Waals surface area contributed by atoms with Crippen molar-refractivity contribution in [2.45, 2.75) is 18.9 Å². The molecule has 2 aromatic rings. The molecule has 1 heterocycles. The number of rotatable bonds is 11. The number of carbonyl (C=O) groups excluding carboxylic acids is 2. The molecule has 2 aromatic carbocycles. The summed E-state index contributed by atoms with van der Waals surface area (Å²) in [7, 11) is 0. The average molecular weight is 557 g/mol. The fraction of sp³-hybridized carbons (Fsp3) is 0.357. The lowest BCUT2D eigenvalue weighted by molar-refractivity contribution is -0.134. The molecule has 10 nitrogen and oxygen atoms in total. The summed E-state index contributed by atoms with van der Waals surface area (Å²) < 4.78 is 0. The first-order chi connectivity index (χ1) is 18.8. The minimum atomic E-state index is -1.26. The molecule has 0 spiro atoms. The first-order valence-electron chi connectivity index (χ1n) is 12.7. The zero-order valence-electron chi connectivity index (χ0n) is 21.7. The van der Waals surface area contributed by atoms with E-state index in [0.717, 1.165) is 25.1 Å². The monoisotopic (exact) mass is 556 g/mol. The van der Waals surface area contributed by atoms with Gasteiger partial charge in [0.05, 0.1) is 0 Å². The van der Waals surface area contributed by atoms with Gasteiger partial charge in [0.15, 0.2) is 0 Å². The number of nitrogens with zero attached hydrogens (tertiary/aromatic N) is 2. The van der Waals surface area contributed by atoms with Crippen molar-refractivity contribution in [2.24, 2.45) is 0 Å². The van der Waals surface area contributed by atoms with Crippen molar-refractivity contribution in [3.63, 3.8) is 0 Å². The van der Waals surface area contributed by atoms with Gasteiger partial charge < -0.3 is 30.6 Å². The normalized spacial score (nSPS) is 13.6. The van der Waals surface area contributed by atoms with E-state index in [1.165, 1.54) is 5.56 Å². The Bertz CT molecular complexity index is 1060. The number of hydrogen-bond acceptors (Lipinski definition) is 6. The van der Waals surface area contributed by atoms with E-state index < -0.39 is 18.0 Å². The van der Waals surface area contributed by atoms with E-state index in [4.69, 9.17) is 10.2 Å². The van der Waals surface area contributed by atoms with Gasteiger partial charge in [-0.2, -0.15) is 12.6 Å². The van der Waals surface area contributed by atoms with Gasteiger partial charge in [-0.25, -0.2) is 14.4 Å². The smallest absolute Gasteiger partial charge is 0.328 e. The average Bonchev–Trinajstić information content (AvgIpc) is 2.95. The van der Waals surface area contributed by atoms with Crippen molar-refractivity contribution in [3.8, 4) is 0 Å². The minimum Gasteiger partial charge on any atom is -0.478 e. The molecule has 0 unspecified atom stereocenters. The van der Waals surface area contributed by atoms with Crippen LogP contribution < -0.4 is 10.6 Å². The molecule has 3 rings (SSSR count). The van der Waals surface area contributed by atoms with Crippen molar-refractivity contribution in [2.75, 3.05) is 45.0 Å². The molecule has 1 aliphatic heterocycles. The van der Waals surface area contributed by atoms with Crippen LogP contribution in [0.3, 0.4) is 0 Å². The van der Waals surface area contributed by atoms with E-state index in [0.29, 0.717) is 50.5 Å². The Hall–Kier alpha value is -3.83. The number of benzene rings is 2. The zero-order valence-corrected chi connectivity index (χ0v) is 22.6. The van der Waals surface area contributed by atoms with Crippen molar-refractivity contribution >= 4 is 36.5 Å². The Morgan fingerprint density at radius 2 is 1.44 bits per heavy atom. The van der Waals surface area contributed by atoms with E-state index >= 15 is 0 Å². The maximum absolute atomic E-state index is 13.2. The summed E-state index contributed by atoms with van der Waals surface area (Å²) in [6.07, 6.45) is 2.35. The number of thiol groups is 1. The summed E-state index contributed by atoms with van der Waals surface area (Å²) in [6.45, 7) is 3.99. The predicted octanol–water partition coefficient (Wildman–Crippen LogP) is 1.93. The van der Waals surface area contributed by atoms with Crippen LogP contribution >= 0.6 is 12.6 Å². The highest BCUT2D eigenvalue weighted by molar-refractivity contribution is 7.80. The molecule has 4 N–H and O–H groups in total. The van der Waals surface area contributed by atoms with Crippen LogP contribution in [0, 0.1) is 0 Å². The maximum atomic E-state index is 13.2. The number of urea groups is 1. The summed E-state index contributed by atoms with van der Waals surface area (Å²) in [5, 5.41) is 21.9. The Labute approximate surface area is 234 Å². The summed E-state index contributed by atoms with van der Waals surface area (Å²) in [5.74, 6) is -1.97. The number of amides is 3. The molecule has 11 heteroatoms. The Morgan fingerprint density at radius 1 is 0.897 bits per heavy atom. The molecule has 0 saturated carbocycles. The van der Waals surface area contributed by atoms with Crippen LogP contribution in [-0.4, -0.2) is 95.0 Å². The molecule has 1 saturated heterocycles. The molecule has 0 bridgehead atoms. The molecule has 0 radical (unpaired) electrons. The SMILES string of the molecule is O=C(N[C@@H](Cc1ccccc1)C(=O)N1CCNCC1)N(CCS)CCc1ccccc1.O=C(O)/C=C/C(=O)O. The standard InChI is InChI=1S/C24H32N4O2S.C4H4O4/c29-23(27-15-12-25-13-16-27)22(19-21-9-5-2-6-10-21)26-24(30)28(17-18-31)14-11-20-7-3-1-4-8-20;5-3(6)1-2-4(7)8/h1-10,22,25,31H,11-19H2,(H,26,30);1-2H,(H,5,6)(H,7,8)/b;2-1+/t22-;/m0./s1. The van der Waals surface area contributed by atoms with E-state index in [2.05, 4.69) is 35.4 Å². The Balaban J connectivity index is 0.000000580. The molecule has 0 aromatic heterocycles. The van der Waals surface area contributed by atoms with Gasteiger partial charge in [-0.1, -0.05) is 60.7 Å². The van der Waals surface area contributed by atoms with Gasteiger partial charge in [0.25, 0.3) is 0 Å². The third-order valence-electron chi connectivity index (χ3n) is 5.85. The number of hydrogen-bond donors (Lipinski definition) is 5. The fourth-order valence-corrected chi connectivity index (χ4v) is 4.12. The van der Waals surface area contributed by atoms with Crippen LogP contribution in [0.5, 0.6) is 0 Å². The zero-order chi connectivity index (χ0) is 28.5. The second-order valence-electron chi connectivity index (χ2n) is 8.72. The summed E-state index contributed by atoms with van der Waals surface area (Å²) in [6, 6.07) is 19.1. The van der Waals surface area contributed by atoms with Crippen molar-refractivity contribution in [3.05, 3.63) is 83.9 Å². The fourth-order valence-electron chi connectivity index (χ4n) is 3.88. The van der Waals surface area contributed by atoms with Gasteiger partial charge in [0, 0.05) is 63.6 Å². The Morgan fingerprint density at radius 3 is 1.95 bits per heavy atom. The summed E-state index contributed by atoms with van der Waals surface area (Å²) in [4.78, 5) is 49.1. The lowest BCUT2D eigenvalue weighted by atomic mass is 10.0. The third-order valence-corrected chi connectivity index (χ3v) is 6.05. The largest absolute Gasteiger partial charge is 0.478 e. The number of carboxylic acids is 2. The van der Waals surface area contributed by atoms with E-state index in [1.807, 2.05) is 53.4 Å². The van der Waals surface area contributed by atoms with Crippen molar-refractivity contribution < 1.29 is 29.4 Å². The lowest BCUT2D eigenvalue weighted by Crippen LogP contribution is -2.56. The van der Waals surface area contributed by atoms with Crippen LogP contribution in [-0.2, 0) is 27.2 Å². The predicted molar refractivity (Wildman–Crippen MR) is 152 cm³/mol. The molecular formula is C28H36N4O6S. The van der Waals surface area contributed by atoms with Crippen molar-refractivity contribution in [1.29, 1.82) is 0 Å². The van der Waals surface area contributed by atoms with Gasteiger partial charge in [-0.05, 0) is 17.5 Å². The molecule has 0 aliphatic carbocycles. The summed E-state index contributed by atoms with van der Waals surface area (Å²) >= 11 is 4.33. The third kappa shape index (κ3) is 12.5. The van der Waals surface area contributed by atoms with E-state index in [-0.39, 0.29) is 11.9 Å². The maximum Gasteiger partial charge on any atom is 0.328 e. The highest BCUT2D eigenvalue weighted by Gasteiger charge is 2.28. The molecule has 1 fully saturated rings. The Kier molecular flexibility index (Phi) is 14.2. The second-order valence-corrected chi connectivity index (χ2v) is 9.17. The van der Waals surface area contributed by atoms with Crippen LogP contribution in [0.2, 0.25) is 0 Å². The lowest BCUT2D eigenvalue weighted by Gasteiger charge is -2.32. The number of nitrogens with one attached hydrogen (secondary N) is 2. The van der Waals surface area contributed by atoms with Gasteiger partial charge in [0.1, 0.15) is 6.04 Å². The van der Waals surface area contributed by atoms with Gasteiger partial charge >= 0.3 is 18.0 Å². The molecule has 1 atom stereocenters. The second kappa shape index (κ2) is 17.6. The van der Waals surface area contributed by atoms with Gasteiger partial charge in [0.2, 0.25) is 5.91 Å². The minimum absolute atomic E-state index is 0.0208. The van der Waals surface area contributed by atoms with Crippen molar-refractivity contribution in [1.82, 2.24) is 20.4 Å². The van der Waals surface area contributed by atoms with E-state index in [9.17, 15) is 19.2 Å². The number of carbonyl (C=O) groups is 4. The number of carboxylic acid groups (broad SMARTS) is 2. The first-order valence-corrected chi connectivity index (χ1v) is 13.3. The van der Waals surface area contributed by atoms with Crippen LogP contribution in [0.4, 0.5) is 4.79 Å². The van der Waals surface area contributed by atoms with Crippen LogP contribution in [0.25, 0.3) is 0 Å². The molecule has 39 heavy (non-hydrogen) atoms. The highest BCUT2D eigenvalue weighted by Crippen LogP contribution is 2.09. The van der Waals surface area contributed by atoms with Crippen LogP contribution in [0.1, 0.15) is 11.1 Å². The summed E-state index contributed by atoms with van der Waals surface area (Å²) in [5.41, 5.74) is 2.21. The number of piperazine rings is 1.